The average molecular weight is 497 g/mol. The summed E-state index contributed by atoms with van der Waals surface area (Å²) in [6.07, 6.45) is -6.03. The second kappa shape index (κ2) is 9.16. The van der Waals surface area contributed by atoms with Gasteiger partial charge in [-0.25, -0.2) is 4.79 Å². The molecule has 0 fully saturated rings. The fourth-order valence-corrected chi connectivity index (χ4v) is 3.77. The molecular formula is C22H20ClF3N4O4. The van der Waals surface area contributed by atoms with E-state index in [2.05, 4.69) is 4.98 Å². The molecule has 0 aliphatic carbocycles. The molecule has 1 aliphatic heterocycles. The summed E-state index contributed by atoms with van der Waals surface area (Å²) >= 11 is 5.96. The number of nitrogens with zero attached hydrogens (tertiary/aromatic N) is 4. The number of hydrogen-bond donors (Lipinski definition) is 2. The Morgan fingerprint density at radius 1 is 1.18 bits per heavy atom. The molecule has 0 saturated heterocycles. The summed E-state index contributed by atoms with van der Waals surface area (Å²) in [5, 5.41) is 20.8. The number of hydrogen-bond acceptors (Lipinski definition) is 5. The number of carbonyl (C=O) groups is 1. The minimum Gasteiger partial charge on any atom is -0.425 e. The summed E-state index contributed by atoms with van der Waals surface area (Å²) in [6.45, 7) is -0.412. The number of rotatable bonds is 6. The number of ether oxygens (including phenoxy) is 1. The molecule has 1 unspecified atom stereocenters. The molecule has 12 heteroatoms. The fraction of sp³-hybridized carbons (Fsp3) is 0.273. The molecule has 0 bridgehead atoms. The van der Waals surface area contributed by atoms with Crippen LogP contribution >= 0.6 is 11.6 Å². The lowest BCUT2D eigenvalue weighted by Gasteiger charge is -2.36. The van der Waals surface area contributed by atoms with Crippen LogP contribution in [0, 0.1) is 0 Å². The number of benzene rings is 2. The van der Waals surface area contributed by atoms with Crippen LogP contribution in [0.25, 0.3) is 0 Å². The summed E-state index contributed by atoms with van der Waals surface area (Å²) in [5.74, 6) is -0.0344. The van der Waals surface area contributed by atoms with Crippen LogP contribution in [0.1, 0.15) is 23.0 Å². The lowest BCUT2D eigenvalue weighted by molar-refractivity contribution is -0.137. The first-order valence-electron chi connectivity index (χ1n) is 10.1. The number of carbonyl (C=O) groups excluding carboxylic acids is 1. The molecule has 2 aromatic carbocycles. The van der Waals surface area contributed by atoms with Gasteiger partial charge in [0.15, 0.2) is 12.0 Å². The molecule has 8 nitrogen and oxygen atoms in total. The van der Waals surface area contributed by atoms with Crippen LogP contribution in [0.4, 0.5) is 23.8 Å². The molecule has 2 amide bonds. The lowest BCUT2D eigenvalue weighted by atomic mass is 10.2. The molecule has 1 atom stereocenters. The maximum Gasteiger partial charge on any atom is 0.416 e. The normalized spacial score (nSPS) is 16.1. The van der Waals surface area contributed by atoms with Gasteiger partial charge in [0.1, 0.15) is 11.4 Å². The molecule has 4 rings (SSSR count). The summed E-state index contributed by atoms with van der Waals surface area (Å²) in [4.78, 5) is 19.2. The van der Waals surface area contributed by atoms with E-state index in [1.54, 1.807) is 24.3 Å². The second-order valence-electron chi connectivity index (χ2n) is 7.58. The maximum absolute atomic E-state index is 13.2. The number of β-amino-alcohol motifs (C(OH)–C–C–N with tert-alkyl or cyclic N) is 1. The van der Waals surface area contributed by atoms with E-state index in [0.717, 1.165) is 22.6 Å². The Labute approximate surface area is 197 Å². The number of urea groups is 1. The Morgan fingerprint density at radius 3 is 2.53 bits per heavy atom. The number of aliphatic hydroxyl groups excluding tert-OH is 2. The zero-order chi connectivity index (χ0) is 24.6. The first-order valence-corrected chi connectivity index (χ1v) is 10.5. The molecule has 180 valence electrons. The highest BCUT2D eigenvalue weighted by atomic mass is 35.5. The van der Waals surface area contributed by atoms with Crippen molar-refractivity contribution in [3.8, 4) is 11.8 Å². The number of aliphatic hydroxyl groups is 2. The van der Waals surface area contributed by atoms with Crippen molar-refractivity contribution in [3.05, 3.63) is 70.4 Å². The van der Waals surface area contributed by atoms with Crippen molar-refractivity contribution in [2.75, 3.05) is 25.1 Å². The quantitative estimate of drug-likeness (QED) is 0.532. The van der Waals surface area contributed by atoms with Gasteiger partial charge in [0, 0.05) is 18.6 Å². The predicted octanol–water partition coefficient (Wildman–Crippen LogP) is 4.25. The van der Waals surface area contributed by atoms with Crippen LogP contribution in [-0.2, 0) is 12.7 Å². The van der Waals surface area contributed by atoms with Gasteiger partial charge in [0.25, 0.3) is 0 Å². The SMILES string of the molecule is CN1C(=O)N(CCO)C(O)c2c1nc(Oc1cccc(C(F)(F)F)c1)n2Cc1ccc(Cl)cc1. The smallest absolute Gasteiger partial charge is 0.416 e. The molecule has 3 aromatic rings. The number of alkyl halides is 3. The Bertz CT molecular complexity index is 1200. The summed E-state index contributed by atoms with van der Waals surface area (Å²) < 4.78 is 46.7. The van der Waals surface area contributed by atoms with E-state index in [4.69, 9.17) is 16.3 Å². The number of anilines is 1. The van der Waals surface area contributed by atoms with Crippen LogP contribution < -0.4 is 9.64 Å². The van der Waals surface area contributed by atoms with E-state index in [9.17, 15) is 28.2 Å². The first kappa shape index (κ1) is 23.9. The number of halogens is 4. The zero-order valence-corrected chi connectivity index (χ0v) is 18.6. The molecule has 0 spiro atoms. The third-order valence-corrected chi connectivity index (χ3v) is 5.56. The largest absolute Gasteiger partial charge is 0.425 e. The van der Waals surface area contributed by atoms with Gasteiger partial charge in [-0.1, -0.05) is 29.8 Å². The Kier molecular flexibility index (Phi) is 6.43. The Balaban J connectivity index is 1.81. The maximum atomic E-state index is 13.2. The standard InChI is InChI=1S/C22H20ClF3N4O4/c1-28-18-17(19(32)29(9-10-31)21(28)33)30(12-13-5-7-15(23)8-6-13)20(27-18)34-16-4-2-3-14(11-16)22(24,25)26/h2-8,11,19,31-32H,9-10,12H2,1H3. The highest BCUT2D eigenvalue weighted by Gasteiger charge is 2.40. The van der Waals surface area contributed by atoms with Crippen LogP contribution in [0.3, 0.4) is 0 Å². The molecule has 1 aliphatic rings. The third kappa shape index (κ3) is 4.54. The summed E-state index contributed by atoms with van der Waals surface area (Å²) in [5.41, 5.74) is 0.0263. The van der Waals surface area contributed by atoms with E-state index < -0.39 is 24.0 Å². The van der Waals surface area contributed by atoms with Crippen molar-refractivity contribution < 1.29 is 32.9 Å². The van der Waals surface area contributed by atoms with Crippen LogP contribution in [0.5, 0.6) is 11.8 Å². The van der Waals surface area contributed by atoms with Gasteiger partial charge in [-0.2, -0.15) is 18.2 Å². The van der Waals surface area contributed by atoms with Crippen molar-refractivity contribution in [1.29, 1.82) is 0 Å². The van der Waals surface area contributed by atoms with E-state index in [0.29, 0.717) is 5.02 Å². The molecule has 34 heavy (non-hydrogen) atoms. The van der Waals surface area contributed by atoms with Crippen molar-refractivity contribution in [3.63, 3.8) is 0 Å². The number of fused-ring (bicyclic) bond motifs is 1. The molecular weight excluding hydrogens is 477 g/mol. The van der Waals surface area contributed by atoms with E-state index in [1.807, 2.05) is 0 Å². The minimum absolute atomic E-state index is 0.0858. The number of amides is 2. The molecule has 0 radical (unpaired) electrons. The van der Waals surface area contributed by atoms with Crippen LogP contribution in [0.2, 0.25) is 5.02 Å². The second-order valence-corrected chi connectivity index (χ2v) is 8.01. The topological polar surface area (TPSA) is 91.1 Å². The van der Waals surface area contributed by atoms with E-state index in [-0.39, 0.29) is 43.0 Å². The molecule has 0 saturated carbocycles. The van der Waals surface area contributed by atoms with Gasteiger partial charge in [-0.15, -0.1) is 0 Å². The van der Waals surface area contributed by atoms with E-state index in [1.165, 1.54) is 28.6 Å². The summed E-state index contributed by atoms with van der Waals surface area (Å²) in [6, 6.07) is 10.4. The molecule has 2 heterocycles. The van der Waals surface area contributed by atoms with Gasteiger partial charge in [0.05, 0.1) is 18.7 Å². The summed E-state index contributed by atoms with van der Waals surface area (Å²) in [7, 11) is 1.44. The van der Waals surface area contributed by atoms with E-state index >= 15 is 0 Å². The van der Waals surface area contributed by atoms with Crippen molar-refractivity contribution >= 4 is 23.4 Å². The average Bonchev–Trinajstić information content (AvgIpc) is 3.14. The Morgan fingerprint density at radius 2 is 1.88 bits per heavy atom. The third-order valence-electron chi connectivity index (χ3n) is 5.31. The van der Waals surface area contributed by atoms with Crippen molar-refractivity contribution in [2.45, 2.75) is 18.9 Å². The van der Waals surface area contributed by atoms with Gasteiger partial charge >= 0.3 is 18.2 Å². The number of imidazole rings is 1. The highest BCUT2D eigenvalue weighted by molar-refractivity contribution is 6.30. The van der Waals surface area contributed by atoms with Crippen molar-refractivity contribution in [1.82, 2.24) is 14.5 Å². The van der Waals surface area contributed by atoms with Gasteiger partial charge in [-0.3, -0.25) is 14.4 Å². The first-order chi connectivity index (χ1) is 16.1. The fourth-order valence-electron chi connectivity index (χ4n) is 3.64. The predicted molar refractivity (Wildman–Crippen MR) is 117 cm³/mol. The molecule has 2 N–H and O–H groups in total. The van der Waals surface area contributed by atoms with Crippen molar-refractivity contribution in [2.24, 2.45) is 0 Å². The minimum atomic E-state index is -4.56. The van der Waals surface area contributed by atoms with Gasteiger partial charge in [0.2, 0.25) is 0 Å². The molecule has 1 aromatic heterocycles. The number of aromatic nitrogens is 2. The monoisotopic (exact) mass is 496 g/mol. The highest BCUT2D eigenvalue weighted by Crippen LogP contribution is 2.39. The van der Waals surface area contributed by atoms with Gasteiger partial charge in [-0.05, 0) is 35.9 Å². The van der Waals surface area contributed by atoms with Crippen LogP contribution in [0.15, 0.2) is 48.5 Å². The Hall–Kier alpha value is -3.28. The zero-order valence-electron chi connectivity index (χ0n) is 17.8. The van der Waals surface area contributed by atoms with Gasteiger partial charge < -0.3 is 14.9 Å². The van der Waals surface area contributed by atoms with Crippen LogP contribution in [-0.4, -0.2) is 50.9 Å². The lowest BCUT2D eigenvalue weighted by Crippen LogP contribution is -2.49.